The Balaban J connectivity index is 2.15. The van der Waals surface area contributed by atoms with Crippen molar-refractivity contribution in [2.24, 2.45) is 0 Å². The summed E-state index contributed by atoms with van der Waals surface area (Å²) in [7, 11) is -2.93. The van der Waals surface area contributed by atoms with Gasteiger partial charge in [0.1, 0.15) is 0 Å². The second kappa shape index (κ2) is 4.20. The summed E-state index contributed by atoms with van der Waals surface area (Å²) >= 11 is 0. The molecule has 2 rings (SSSR count). The van der Waals surface area contributed by atoms with Crippen molar-refractivity contribution in [2.75, 3.05) is 0 Å². The van der Waals surface area contributed by atoms with Gasteiger partial charge < -0.3 is 5.11 Å². The van der Waals surface area contributed by atoms with Crippen molar-refractivity contribution >= 4 is 15.8 Å². The minimum atomic E-state index is -2.93. The number of carbonyl (C=O) groups is 1. The number of aliphatic carboxylic acids is 1. The Kier molecular flexibility index (Phi) is 3.06. The number of carboxylic acids is 1. The van der Waals surface area contributed by atoms with Crippen LogP contribution < -0.4 is 0 Å². The van der Waals surface area contributed by atoms with Crippen molar-refractivity contribution in [3.05, 3.63) is 11.6 Å². The maximum atomic E-state index is 11.9. The summed E-state index contributed by atoms with van der Waals surface area (Å²) in [5.41, 5.74) is 1.02. The van der Waals surface area contributed by atoms with E-state index < -0.39 is 15.8 Å². The topological polar surface area (TPSA) is 71.4 Å². The minimum absolute atomic E-state index is 0.00875. The molecule has 0 amide bonds. The summed E-state index contributed by atoms with van der Waals surface area (Å²) in [5.74, 6) is -0.855. The molecule has 0 aromatic carbocycles. The Hall–Kier alpha value is -0.840. The van der Waals surface area contributed by atoms with Crippen molar-refractivity contribution in [3.8, 4) is 0 Å². The Morgan fingerprint density at radius 2 is 1.88 bits per heavy atom. The minimum Gasteiger partial charge on any atom is -0.481 e. The summed E-state index contributed by atoms with van der Waals surface area (Å²) in [6.07, 6.45) is 5.27. The predicted molar refractivity (Wildman–Crippen MR) is 59.9 cm³/mol. The van der Waals surface area contributed by atoms with Crippen LogP contribution in [0.4, 0.5) is 0 Å². The van der Waals surface area contributed by atoms with Crippen LogP contribution in [0, 0.1) is 0 Å². The molecule has 0 spiro atoms. The van der Waals surface area contributed by atoms with Gasteiger partial charge in [-0.05, 0) is 25.7 Å². The molecule has 2 aliphatic rings. The zero-order chi connectivity index (χ0) is 11.8. The van der Waals surface area contributed by atoms with Gasteiger partial charge in [-0.15, -0.1) is 0 Å². The molecule has 90 valence electrons. The zero-order valence-electron chi connectivity index (χ0n) is 9.05. The second-order valence-corrected chi connectivity index (χ2v) is 7.14. The van der Waals surface area contributed by atoms with Crippen molar-refractivity contribution < 1.29 is 18.3 Å². The van der Waals surface area contributed by atoms with Crippen LogP contribution in [-0.2, 0) is 14.6 Å². The first-order chi connectivity index (χ1) is 7.50. The van der Waals surface area contributed by atoms with Gasteiger partial charge in [0.05, 0.1) is 16.9 Å². The molecule has 4 nitrogen and oxygen atoms in total. The van der Waals surface area contributed by atoms with Crippen LogP contribution in [0.2, 0.25) is 0 Å². The van der Waals surface area contributed by atoms with Crippen LogP contribution in [0.1, 0.15) is 38.5 Å². The van der Waals surface area contributed by atoms with Gasteiger partial charge >= 0.3 is 5.97 Å². The lowest BCUT2D eigenvalue weighted by Crippen LogP contribution is -2.40. The third kappa shape index (κ3) is 2.14. The first-order valence-electron chi connectivity index (χ1n) is 5.62. The summed E-state index contributed by atoms with van der Waals surface area (Å²) in [4.78, 5) is 10.5. The van der Waals surface area contributed by atoms with Crippen LogP contribution in [0.25, 0.3) is 0 Å². The van der Waals surface area contributed by atoms with Crippen molar-refractivity contribution in [1.29, 1.82) is 0 Å². The lowest BCUT2D eigenvalue weighted by Gasteiger charge is -2.35. The van der Waals surface area contributed by atoms with Gasteiger partial charge in [-0.2, -0.15) is 0 Å². The SMILES string of the molecule is O=C(O)CC=C1CC2CCCC(C1)S2(=O)=O. The maximum Gasteiger partial charge on any atom is 0.307 e. The largest absolute Gasteiger partial charge is 0.481 e. The Labute approximate surface area is 95.3 Å². The summed E-state index contributed by atoms with van der Waals surface area (Å²) in [6.45, 7) is 0. The highest BCUT2D eigenvalue weighted by Crippen LogP contribution is 2.39. The highest BCUT2D eigenvalue weighted by Gasteiger charge is 2.41. The maximum absolute atomic E-state index is 11.9. The van der Waals surface area contributed by atoms with E-state index in [2.05, 4.69) is 0 Å². The molecule has 16 heavy (non-hydrogen) atoms. The number of sulfone groups is 1. The van der Waals surface area contributed by atoms with Gasteiger partial charge in [0.25, 0.3) is 0 Å². The number of hydrogen-bond donors (Lipinski definition) is 1. The monoisotopic (exact) mass is 244 g/mol. The van der Waals surface area contributed by atoms with E-state index >= 15 is 0 Å². The van der Waals surface area contributed by atoms with E-state index in [1.54, 1.807) is 6.08 Å². The molecule has 2 unspecified atom stereocenters. The van der Waals surface area contributed by atoms with Crippen LogP contribution in [0.3, 0.4) is 0 Å². The van der Waals surface area contributed by atoms with Crippen molar-refractivity contribution in [1.82, 2.24) is 0 Å². The lowest BCUT2D eigenvalue weighted by molar-refractivity contribution is -0.136. The molecule has 2 atom stereocenters. The zero-order valence-corrected chi connectivity index (χ0v) is 9.87. The third-order valence-corrected chi connectivity index (χ3v) is 6.19. The van der Waals surface area contributed by atoms with Crippen LogP contribution in [0.15, 0.2) is 11.6 Å². The Morgan fingerprint density at radius 3 is 2.38 bits per heavy atom. The standard InChI is InChI=1S/C11H16O4S/c12-11(13)5-4-8-6-9-2-1-3-10(7-8)16(9,14)15/h4,9-10H,1-3,5-7H2,(H,12,13). The molecule has 2 aliphatic heterocycles. The fraction of sp³-hybridized carbons (Fsp3) is 0.727. The van der Waals surface area contributed by atoms with E-state index in [0.29, 0.717) is 12.8 Å². The summed E-state index contributed by atoms with van der Waals surface area (Å²) < 4.78 is 23.9. The van der Waals surface area contributed by atoms with Crippen molar-refractivity contribution in [2.45, 2.75) is 49.0 Å². The molecule has 2 bridgehead atoms. The molecule has 2 fully saturated rings. The van der Waals surface area contributed by atoms with E-state index in [4.69, 9.17) is 5.11 Å². The van der Waals surface area contributed by atoms with Gasteiger partial charge in [-0.1, -0.05) is 18.1 Å². The molecule has 2 saturated heterocycles. The first kappa shape index (κ1) is 11.6. The summed E-state index contributed by atoms with van der Waals surface area (Å²) in [5, 5.41) is 8.09. The van der Waals surface area contributed by atoms with Crippen LogP contribution in [0.5, 0.6) is 0 Å². The number of allylic oxidation sites excluding steroid dienone is 1. The van der Waals surface area contributed by atoms with Crippen LogP contribution >= 0.6 is 0 Å². The van der Waals surface area contributed by atoms with Gasteiger partial charge in [-0.25, -0.2) is 8.42 Å². The predicted octanol–water partition coefficient (Wildman–Crippen LogP) is 1.52. The molecule has 0 aromatic heterocycles. The number of hydrogen-bond acceptors (Lipinski definition) is 3. The average molecular weight is 244 g/mol. The Bertz CT molecular complexity index is 399. The summed E-state index contributed by atoms with van der Waals surface area (Å²) in [6, 6.07) is 0. The van der Waals surface area contributed by atoms with E-state index in [9.17, 15) is 13.2 Å². The number of rotatable bonds is 2. The second-order valence-electron chi connectivity index (χ2n) is 4.63. The molecule has 0 aromatic rings. The third-order valence-electron chi connectivity index (χ3n) is 3.53. The molecule has 1 N–H and O–H groups in total. The van der Waals surface area contributed by atoms with E-state index in [-0.39, 0.29) is 16.9 Å². The van der Waals surface area contributed by atoms with Gasteiger partial charge in [0, 0.05) is 0 Å². The molecular weight excluding hydrogens is 228 g/mol. The highest BCUT2D eigenvalue weighted by molar-refractivity contribution is 7.92. The molecular formula is C11H16O4S. The van der Waals surface area contributed by atoms with Crippen LogP contribution in [-0.4, -0.2) is 30.0 Å². The van der Waals surface area contributed by atoms with Crippen molar-refractivity contribution in [3.63, 3.8) is 0 Å². The van der Waals surface area contributed by atoms with E-state index in [1.165, 1.54) is 0 Å². The molecule has 2 heterocycles. The normalized spacial score (nSPS) is 32.1. The van der Waals surface area contributed by atoms with E-state index in [0.717, 1.165) is 24.8 Å². The highest BCUT2D eigenvalue weighted by atomic mass is 32.2. The fourth-order valence-electron chi connectivity index (χ4n) is 2.68. The average Bonchev–Trinajstić information content (AvgIpc) is 2.13. The molecule has 0 radical (unpaired) electrons. The quantitative estimate of drug-likeness (QED) is 0.747. The lowest BCUT2D eigenvalue weighted by atomic mass is 9.93. The van der Waals surface area contributed by atoms with E-state index in [1.807, 2.05) is 0 Å². The fourth-order valence-corrected chi connectivity index (χ4v) is 5.10. The van der Waals surface area contributed by atoms with Gasteiger partial charge in [0.15, 0.2) is 9.84 Å². The molecule has 0 aliphatic carbocycles. The van der Waals surface area contributed by atoms with Gasteiger partial charge in [0.2, 0.25) is 0 Å². The first-order valence-corrected chi connectivity index (χ1v) is 7.23. The molecule has 5 heteroatoms. The Morgan fingerprint density at radius 1 is 1.31 bits per heavy atom. The smallest absolute Gasteiger partial charge is 0.307 e. The number of carboxylic acid groups (broad SMARTS) is 1. The van der Waals surface area contributed by atoms with Gasteiger partial charge in [-0.3, -0.25) is 4.79 Å². The number of fused-ring (bicyclic) bond motifs is 2. The molecule has 0 saturated carbocycles.